The van der Waals surface area contributed by atoms with Gasteiger partial charge in [-0.3, -0.25) is 9.97 Å². The molecule has 0 aliphatic rings. The average Bonchev–Trinajstić information content (AvgIpc) is 3.26. The van der Waals surface area contributed by atoms with E-state index in [0.717, 1.165) is 27.6 Å². The van der Waals surface area contributed by atoms with Gasteiger partial charge < -0.3 is 0 Å². The summed E-state index contributed by atoms with van der Waals surface area (Å²) in [5.41, 5.74) is 3.67. The number of hydrogen-bond donors (Lipinski definition) is 0. The lowest BCUT2D eigenvalue weighted by Gasteiger charge is -1.97. The molecule has 0 aliphatic heterocycles. The van der Waals surface area contributed by atoms with Crippen molar-refractivity contribution in [3.05, 3.63) is 66.7 Å². The first-order valence-electron chi connectivity index (χ1n) is 6.72. The van der Waals surface area contributed by atoms with Gasteiger partial charge in [0.15, 0.2) is 0 Å². The Morgan fingerprint density at radius 3 is 2.77 bits per heavy atom. The standard InChI is InChI=1S/C16H11N5S/c1-2-7-18-14(5-1)15-11-22-16(20-15)12-8-19-21(10-12)13-4-3-6-17-9-13/h1-11H. The lowest BCUT2D eigenvalue weighted by Crippen LogP contribution is -1.93. The maximum atomic E-state index is 4.64. The molecule has 4 heterocycles. The maximum Gasteiger partial charge on any atom is 0.127 e. The summed E-state index contributed by atoms with van der Waals surface area (Å²) in [7, 11) is 0. The Labute approximate surface area is 131 Å². The topological polar surface area (TPSA) is 56.5 Å². The molecule has 0 spiro atoms. The molecule has 0 N–H and O–H groups in total. The van der Waals surface area contributed by atoms with Gasteiger partial charge >= 0.3 is 0 Å². The molecule has 0 aromatic carbocycles. The molecule has 0 unspecified atom stereocenters. The summed E-state index contributed by atoms with van der Waals surface area (Å²) in [6.45, 7) is 0. The van der Waals surface area contributed by atoms with E-state index in [4.69, 9.17) is 0 Å². The van der Waals surface area contributed by atoms with Crippen LogP contribution in [0.2, 0.25) is 0 Å². The highest BCUT2D eigenvalue weighted by Crippen LogP contribution is 2.28. The Kier molecular flexibility index (Phi) is 3.21. The van der Waals surface area contributed by atoms with Crippen LogP contribution >= 0.6 is 11.3 Å². The number of pyridine rings is 2. The van der Waals surface area contributed by atoms with E-state index in [0.29, 0.717) is 0 Å². The Hall–Kier alpha value is -2.86. The van der Waals surface area contributed by atoms with Gasteiger partial charge in [0.1, 0.15) is 10.7 Å². The van der Waals surface area contributed by atoms with E-state index in [1.54, 1.807) is 34.6 Å². The van der Waals surface area contributed by atoms with E-state index < -0.39 is 0 Å². The third kappa shape index (κ3) is 2.40. The Morgan fingerprint density at radius 2 is 1.95 bits per heavy atom. The van der Waals surface area contributed by atoms with Gasteiger partial charge in [0.25, 0.3) is 0 Å². The molecule has 0 aliphatic carbocycles. The first kappa shape index (κ1) is 12.8. The fourth-order valence-corrected chi connectivity index (χ4v) is 2.89. The van der Waals surface area contributed by atoms with Crippen LogP contribution in [0.4, 0.5) is 0 Å². The number of rotatable bonds is 3. The third-order valence-electron chi connectivity index (χ3n) is 3.17. The van der Waals surface area contributed by atoms with E-state index in [1.165, 1.54) is 0 Å². The molecule has 106 valence electrons. The van der Waals surface area contributed by atoms with Crippen molar-refractivity contribution < 1.29 is 0 Å². The summed E-state index contributed by atoms with van der Waals surface area (Å²) in [6.07, 6.45) is 9.06. The minimum atomic E-state index is 0.879. The van der Waals surface area contributed by atoms with Crippen LogP contribution in [-0.2, 0) is 0 Å². The first-order valence-corrected chi connectivity index (χ1v) is 7.60. The second-order valence-corrected chi connectivity index (χ2v) is 5.50. The minimum absolute atomic E-state index is 0.879. The highest BCUT2D eigenvalue weighted by molar-refractivity contribution is 7.13. The fraction of sp³-hybridized carbons (Fsp3) is 0. The second kappa shape index (κ2) is 5.50. The number of aromatic nitrogens is 5. The van der Waals surface area contributed by atoms with Gasteiger partial charge in [-0.05, 0) is 24.3 Å². The summed E-state index contributed by atoms with van der Waals surface area (Å²) >= 11 is 1.59. The molecule has 0 saturated carbocycles. The summed E-state index contributed by atoms with van der Waals surface area (Å²) in [5, 5.41) is 7.31. The van der Waals surface area contributed by atoms with Crippen LogP contribution in [-0.4, -0.2) is 24.7 Å². The zero-order valence-electron chi connectivity index (χ0n) is 11.5. The highest BCUT2D eigenvalue weighted by Gasteiger charge is 2.09. The predicted molar refractivity (Wildman–Crippen MR) is 85.7 cm³/mol. The molecule has 4 aromatic heterocycles. The second-order valence-electron chi connectivity index (χ2n) is 4.64. The molecule has 0 radical (unpaired) electrons. The number of thiazole rings is 1. The Morgan fingerprint density at radius 1 is 0.955 bits per heavy atom. The lowest BCUT2D eigenvalue weighted by atomic mass is 10.3. The van der Waals surface area contributed by atoms with E-state index >= 15 is 0 Å². The minimum Gasteiger partial charge on any atom is -0.262 e. The van der Waals surface area contributed by atoms with Gasteiger partial charge in [0.2, 0.25) is 0 Å². The van der Waals surface area contributed by atoms with Crippen LogP contribution in [0, 0.1) is 0 Å². The molecule has 6 heteroatoms. The lowest BCUT2D eigenvalue weighted by molar-refractivity contribution is 0.874. The molecule has 0 atom stereocenters. The molecule has 22 heavy (non-hydrogen) atoms. The molecule has 5 nitrogen and oxygen atoms in total. The van der Waals surface area contributed by atoms with Gasteiger partial charge in [-0.25, -0.2) is 9.67 Å². The van der Waals surface area contributed by atoms with Crippen molar-refractivity contribution in [1.82, 2.24) is 24.7 Å². The third-order valence-corrected chi connectivity index (χ3v) is 4.06. The summed E-state index contributed by atoms with van der Waals surface area (Å²) in [4.78, 5) is 13.1. The van der Waals surface area contributed by atoms with Crippen molar-refractivity contribution in [2.75, 3.05) is 0 Å². The van der Waals surface area contributed by atoms with E-state index in [1.807, 2.05) is 48.1 Å². The van der Waals surface area contributed by atoms with Gasteiger partial charge in [0, 0.05) is 29.5 Å². The van der Waals surface area contributed by atoms with E-state index in [2.05, 4.69) is 20.1 Å². The summed E-state index contributed by atoms with van der Waals surface area (Å²) in [5.74, 6) is 0. The fourth-order valence-electron chi connectivity index (χ4n) is 2.10. The molecular weight excluding hydrogens is 294 g/mol. The Balaban J connectivity index is 1.66. The normalized spacial score (nSPS) is 10.7. The maximum absolute atomic E-state index is 4.64. The van der Waals surface area contributed by atoms with E-state index in [-0.39, 0.29) is 0 Å². The number of hydrogen-bond acceptors (Lipinski definition) is 5. The molecule has 4 rings (SSSR count). The van der Waals surface area contributed by atoms with Crippen LogP contribution in [0.1, 0.15) is 0 Å². The predicted octanol–water partition coefficient (Wildman–Crippen LogP) is 3.45. The monoisotopic (exact) mass is 305 g/mol. The van der Waals surface area contributed by atoms with Crippen LogP contribution in [0.5, 0.6) is 0 Å². The van der Waals surface area contributed by atoms with Crippen molar-refractivity contribution in [1.29, 1.82) is 0 Å². The first-order chi connectivity index (χ1) is 10.9. The molecule has 4 aromatic rings. The van der Waals surface area contributed by atoms with Crippen molar-refractivity contribution in [3.8, 4) is 27.6 Å². The summed E-state index contributed by atoms with van der Waals surface area (Å²) in [6, 6.07) is 9.67. The van der Waals surface area contributed by atoms with Crippen molar-refractivity contribution in [2.24, 2.45) is 0 Å². The SMILES string of the molecule is c1ccc(-c2csc(-c3cnn(-c4cccnc4)c3)n2)nc1. The van der Waals surface area contributed by atoms with Gasteiger partial charge in [-0.2, -0.15) is 5.10 Å². The van der Waals surface area contributed by atoms with Gasteiger partial charge in [-0.1, -0.05) is 6.07 Å². The average molecular weight is 305 g/mol. The molecule has 0 fully saturated rings. The zero-order valence-corrected chi connectivity index (χ0v) is 12.3. The molecule has 0 amide bonds. The number of nitrogens with zero attached hydrogens (tertiary/aromatic N) is 5. The van der Waals surface area contributed by atoms with Crippen LogP contribution < -0.4 is 0 Å². The van der Waals surface area contributed by atoms with Crippen molar-refractivity contribution in [3.63, 3.8) is 0 Å². The quantitative estimate of drug-likeness (QED) is 0.581. The van der Waals surface area contributed by atoms with Crippen molar-refractivity contribution >= 4 is 11.3 Å². The largest absolute Gasteiger partial charge is 0.262 e. The molecule has 0 saturated heterocycles. The van der Waals surface area contributed by atoms with Crippen LogP contribution in [0.15, 0.2) is 66.7 Å². The summed E-state index contributed by atoms with van der Waals surface area (Å²) < 4.78 is 1.80. The molecule has 0 bridgehead atoms. The molecular formula is C16H11N5S. The van der Waals surface area contributed by atoms with E-state index in [9.17, 15) is 0 Å². The van der Waals surface area contributed by atoms with Crippen molar-refractivity contribution in [2.45, 2.75) is 0 Å². The van der Waals surface area contributed by atoms with Gasteiger partial charge in [0.05, 0.1) is 23.8 Å². The zero-order chi connectivity index (χ0) is 14.8. The van der Waals surface area contributed by atoms with Gasteiger partial charge in [-0.15, -0.1) is 11.3 Å². The van der Waals surface area contributed by atoms with Crippen LogP contribution in [0.25, 0.3) is 27.6 Å². The highest BCUT2D eigenvalue weighted by atomic mass is 32.1. The van der Waals surface area contributed by atoms with Crippen LogP contribution in [0.3, 0.4) is 0 Å². The Bertz CT molecular complexity index is 807. The smallest absolute Gasteiger partial charge is 0.127 e.